The van der Waals surface area contributed by atoms with Crippen LogP contribution in [-0.4, -0.2) is 36.2 Å². The zero-order chi connectivity index (χ0) is 10.4. The predicted molar refractivity (Wildman–Crippen MR) is 55.6 cm³/mol. The molecule has 1 heterocycles. The quantitative estimate of drug-likeness (QED) is 0.430. The summed E-state index contributed by atoms with van der Waals surface area (Å²) in [5.41, 5.74) is 0. The van der Waals surface area contributed by atoms with Crippen LogP contribution in [0.3, 0.4) is 0 Å². The highest BCUT2D eigenvalue weighted by Gasteiger charge is 2.29. The van der Waals surface area contributed by atoms with Crippen molar-refractivity contribution in [1.29, 1.82) is 0 Å². The van der Waals surface area contributed by atoms with Crippen LogP contribution in [0, 0.1) is 5.92 Å². The minimum atomic E-state index is -0.737. The first kappa shape index (κ1) is 11.5. The van der Waals surface area contributed by atoms with Gasteiger partial charge >= 0.3 is 5.97 Å². The van der Waals surface area contributed by atoms with Crippen LogP contribution in [0.2, 0.25) is 6.32 Å². The molecule has 0 radical (unpaired) electrons. The van der Waals surface area contributed by atoms with E-state index in [-0.39, 0.29) is 19.4 Å². The number of rotatable bonds is 5. The number of carboxylic acids is 1. The molecule has 1 rings (SSSR count). The Morgan fingerprint density at radius 3 is 3.00 bits per heavy atom. The summed E-state index contributed by atoms with van der Waals surface area (Å²) in [6.45, 7) is 0.813. The molecule has 2 unspecified atom stereocenters. The van der Waals surface area contributed by atoms with Gasteiger partial charge in [-0.3, -0.25) is 4.79 Å². The molecule has 3 N–H and O–H groups in total. The van der Waals surface area contributed by atoms with Crippen LogP contribution in [-0.2, 0) is 4.79 Å². The van der Waals surface area contributed by atoms with E-state index >= 15 is 0 Å². The summed E-state index contributed by atoms with van der Waals surface area (Å²) < 4.78 is 0. The lowest BCUT2D eigenvalue weighted by molar-refractivity contribution is -0.141. The van der Waals surface area contributed by atoms with Crippen molar-refractivity contribution >= 4 is 13.5 Å². The van der Waals surface area contributed by atoms with Crippen molar-refractivity contribution in [2.45, 2.75) is 38.0 Å². The maximum atomic E-state index is 10.9. The third-order valence-corrected chi connectivity index (χ3v) is 2.84. The molecule has 14 heavy (non-hydrogen) atoms. The summed E-state index contributed by atoms with van der Waals surface area (Å²) in [5, 5.41) is 20.6. The van der Waals surface area contributed by atoms with E-state index in [9.17, 15) is 4.79 Å². The van der Waals surface area contributed by atoms with E-state index in [1.54, 1.807) is 0 Å². The SMILES string of the molecule is O=C(O)C1NCCCC1CCCBO. The number of hydrogen-bond donors (Lipinski definition) is 3. The summed E-state index contributed by atoms with van der Waals surface area (Å²) in [4.78, 5) is 10.9. The van der Waals surface area contributed by atoms with Gasteiger partial charge in [0.2, 0.25) is 0 Å². The van der Waals surface area contributed by atoms with Gasteiger partial charge in [0.15, 0.2) is 0 Å². The lowest BCUT2D eigenvalue weighted by Gasteiger charge is -2.29. The first-order chi connectivity index (χ1) is 6.75. The molecule has 1 aliphatic rings. The Hall–Kier alpha value is -0.545. The number of nitrogens with one attached hydrogen (secondary N) is 1. The molecule has 5 heteroatoms. The smallest absolute Gasteiger partial charge is 0.320 e. The highest BCUT2D eigenvalue weighted by atomic mass is 16.4. The summed E-state index contributed by atoms with van der Waals surface area (Å²) >= 11 is 0. The van der Waals surface area contributed by atoms with Gasteiger partial charge in [0.05, 0.1) is 0 Å². The molecular formula is C9H18BNO3. The predicted octanol–water partition coefficient (Wildman–Crippen LogP) is -0.0185. The van der Waals surface area contributed by atoms with E-state index in [2.05, 4.69) is 5.32 Å². The van der Waals surface area contributed by atoms with Gasteiger partial charge in [-0.1, -0.05) is 12.7 Å². The van der Waals surface area contributed by atoms with Crippen LogP contribution < -0.4 is 5.32 Å². The highest BCUT2D eigenvalue weighted by molar-refractivity contribution is 6.25. The fourth-order valence-electron chi connectivity index (χ4n) is 2.07. The summed E-state index contributed by atoms with van der Waals surface area (Å²) in [6, 6.07) is -0.373. The van der Waals surface area contributed by atoms with Crippen molar-refractivity contribution in [3.63, 3.8) is 0 Å². The number of piperidine rings is 1. The molecule has 0 amide bonds. The van der Waals surface area contributed by atoms with Crippen molar-refractivity contribution in [3.05, 3.63) is 0 Å². The van der Waals surface area contributed by atoms with Crippen LogP contribution in [0.15, 0.2) is 0 Å². The maximum absolute atomic E-state index is 10.9. The van der Waals surface area contributed by atoms with Gasteiger partial charge < -0.3 is 15.4 Å². The minimum absolute atomic E-state index is 0.206. The maximum Gasteiger partial charge on any atom is 0.320 e. The standard InChI is InChI=1S/C9H18BNO3/c12-9(13)8-7(3-1-5-10-14)4-2-6-11-8/h7-8,10-11,14H,1-6H2,(H,12,13). The fraction of sp³-hybridized carbons (Fsp3) is 0.889. The average Bonchev–Trinajstić information content (AvgIpc) is 2.19. The molecule has 1 saturated heterocycles. The van der Waals surface area contributed by atoms with Gasteiger partial charge in [-0.25, -0.2) is 0 Å². The molecule has 1 aliphatic heterocycles. The molecule has 1 fully saturated rings. The van der Waals surface area contributed by atoms with Crippen molar-refractivity contribution < 1.29 is 14.9 Å². The highest BCUT2D eigenvalue weighted by Crippen LogP contribution is 2.22. The Bertz CT molecular complexity index is 189. The molecule has 0 aliphatic carbocycles. The van der Waals surface area contributed by atoms with Crippen LogP contribution in [0.25, 0.3) is 0 Å². The zero-order valence-corrected chi connectivity index (χ0v) is 8.41. The lowest BCUT2D eigenvalue weighted by atomic mass is 9.83. The Kier molecular flexibility index (Phi) is 4.97. The normalized spacial score (nSPS) is 27.2. The lowest BCUT2D eigenvalue weighted by Crippen LogP contribution is -2.46. The second-order valence-corrected chi connectivity index (χ2v) is 3.89. The molecule has 0 bridgehead atoms. The van der Waals surface area contributed by atoms with Gasteiger partial charge in [-0.05, 0) is 31.7 Å². The fourth-order valence-corrected chi connectivity index (χ4v) is 2.07. The number of hydrogen-bond acceptors (Lipinski definition) is 3. The summed E-state index contributed by atoms with van der Waals surface area (Å²) in [6.07, 6.45) is 4.67. The van der Waals surface area contributed by atoms with Crippen molar-refractivity contribution in [2.24, 2.45) is 5.92 Å². The van der Waals surface area contributed by atoms with Crippen LogP contribution in [0.5, 0.6) is 0 Å². The zero-order valence-electron chi connectivity index (χ0n) is 8.41. The number of carbonyl (C=O) groups is 1. The van der Waals surface area contributed by atoms with Gasteiger partial charge in [0.25, 0.3) is 7.48 Å². The minimum Gasteiger partial charge on any atom is -0.480 e. The average molecular weight is 199 g/mol. The van der Waals surface area contributed by atoms with E-state index in [0.29, 0.717) is 0 Å². The van der Waals surface area contributed by atoms with Crippen LogP contribution >= 0.6 is 0 Å². The molecule has 0 spiro atoms. The Balaban J connectivity index is 2.34. The van der Waals surface area contributed by atoms with E-state index < -0.39 is 5.97 Å². The number of aliphatic carboxylic acids is 1. The molecule has 0 saturated carbocycles. The number of carboxylic acid groups (broad SMARTS) is 1. The van der Waals surface area contributed by atoms with Gasteiger partial charge in [0.1, 0.15) is 6.04 Å². The molecule has 2 atom stereocenters. The second-order valence-electron chi connectivity index (χ2n) is 3.89. The first-order valence-corrected chi connectivity index (χ1v) is 5.32. The van der Waals surface area contributed by atoms with E-state index in [1.807, 2.05) is 0 Å². The van der Waals surface area contributed by atoms with E-state index in [0.717, 1.165) is 38.5 Å². The Morgan fingerprint density at radius 1 is 1.57 bits per heavy atom. The summed E-state index contributed by atoms with van der Waals surface area (Å²) in [7, 11) is 0.206. The molecule has 4 nitrogen and oxygen atoms in total. The molecule has 0 aromatic rings. The van der Waals surface area contributed by atoms with E-state index in [1.165, 1.54) is 0 Å². The van der Waals surface area contributed by atoms with Crippen LogP contribution in [0.1, 0.15) is 25.7 Å². The largest absolute Gasteiger partial charge is 0.480 e. The summed E-state index contributed by atoms with van der Waals surface area (Å²) in [5.74, 6) is -0.494. The van der Waals surface area contributed by atoms with Gasteiger partial charge in [0, 0.05) is 0 Å². The third-order valence-electron chi connectivity index (χ3n) is 2.84. The molecule has 80 valence electrons. The Labute approximate surface area is 85.0 Å². The molecule has 0 aromatic heterocycles. The van der Waals surface area contributed by atoms with Crippen molar-refractivity contribution in [3.8, 4) is 0 Å². The Morgan fingerprint density at radius 2 is 2.36 bits per heavy atom. The molecular weight excluding hydrogens is 181 g/mol. The molecule has 0 aromatic carbocycles. The monoisotopic (exact) mass is 199 g/mol. The third kappa shape index (κ3) is 3.31. The first-order valence-electron chi connectivity index (χ1n) is 5.32. The topological polar surface area (TPSA) is 69.6 Å². The second kappa shape index (κ2) is 6.04. The van der Waals surface area contributed by atoms with E-state index in [4.69, 9.17) is 10.1 Å². The van der Waals surface area contributed by atoms with Gasteiger partial charge in [-0.15, -0.1) is 0 Å². The van der Waals surface area contributed by atoms with Crippen molar-refractivity contribution in [2.75, 3.05) is 6.54 Å². The van der Waals surface area contributed by atoms with Crippen molar-refractivity contribution in [1.82, 2.24) is 5.32 Å². The van der Waals surface area contributed by atoms with Crippen LogP contribution in [0.4, 0.5) is 0 Å². The van der Waals surface area contributed by atoms with Gasteiger partial charge in [-0.2, -0.15) is 0 Å².